The summed E-state index contributed by atoms with van der Waals surface area (Å²) in [6, 6.07) is 0. The van der Waals surface area contributed by atoms with Gasteiger partial charge in [-0.15, -0.1) is 0 Å². The first kappa shape index (κ1) is 9.66. The van der Waals surface area contributed by atoms with Crippen LogP contribution in [0, 0.1) is 0 Å². The Hall–Kier alpha value is 0.570. The van der Waals surface area contributed by atoms with Gasteiger partial charge in [0.05, 0.1) is 16.1 Å². The molecule has 0 unspecified atom stereocenters. The zero-order valence-electron chi connectivity index (χ0n) is 6.01. The number of hydrogen-bond acceptors (Lipinski definition) is 4. The average Bonchev–Trinajstić information content (AvgIpc) is 1.97. The molecule has 0 saturated carbocycles. The van der Waals surface area contributed by atoms with Crippen LogP contribution in [0.4, 0.5) is 0 Å². The molecule has 0 spiro atoms. The molecular formula is C6H11IO4. The molecule has 0 aromatic rings. The van der Waals surface area contributed by atoms with Crippen molar-refractivity contribution in [2.45, 2.75) is 35.5 Å². The standard InChI is InChI=1S/C6H11IO4/c1-2-4(8)5(9)3(7)6(10)11-2/h2-6,8-10H,1H3/t2-,3+,4-,5+,6+/m1/s1. The number of alkyl halides is 1. The van der Waals surface area contributed by atoms with Gasteiger partial charge < -0.3 is 20.1 Å². The monoisotopic (exact) mass is 274 g/mol. The molecule has 0 amide bonds. The van der Waals surface area contributed by atoms with E-state index < -0.39 is 28.5 Å². The predicted octanol–water partition coefficient (Wildman–Crippen LogP) is -0.751. The highest BCUT2D eigenvalue weighted by Crippen LogP contribution is 2.24. The number of rotatable bonds is 0. The predicted molar refractivity (Wildman–Crippen MR) is 46.4 cm³/mol. The smallest absolute Gasteiger partial charge is 0.169 e. The van der Waals surface area contributed by atoms with Crippen molar-refractivity contribution in [3.05, 3.63) is 0 Å². The van der Waals surface area contributed by atoms with E-state index in [0.717, 1.165) is 0 Å². The molecule has 1 aliphatic rings. The first-order chi connectivity index (χ1) is 5.04. The minimum Gasteiger partial charge on any atom is -0.389 e. The number of hydrogen-bond donors (Lipinski definition) is 3. The first-order valence-electron chi connectivity index (χ1n) is 3.37. The van der Waals surface area contributed by atoms with Gasteiger partial charge in [-0.05, 0) is 6.92 Å². The summed E-state index contributed by atoms with van der Waals surface area (Å²) >= 11 is 1.85. The van der Waals surface area contributed by atoms with Crippen LogP contribution in [0.15, 0.2) is 0 Å². The van der Waals surface area contributed by atoms with Crippen LogP contribution < -0.4 is 0 Å². The molecule has 1 aliphatic heterocycles. The highest BCUT2D eigenvalue weighted by Gasteiger charge is 2.40. The molecule has 11 heavy (non-hydrogen) atoms. The summed E-state index contributed by atoms with van der Waals surface area (Å²) < 4.78 is 4.46. The van der Waals surface area contributed by atoms with Crippen LogP contribution in [0.5, 0.6) is 0 Å². The summed E-state index contributed by atoms with van der Waals surface area (Å²) in [5.41, 5.74) is 0. The molecule has 0 aromatic carbocycles. The van der Waals surface area contributed by atoms with Crippen LogP contribution in [-0.4, -0.2) is 43.8 Å². The average molecular weight is 274 g/mol. The fourth-order valence-electron chi connectivity index (χ4n) is 1.01. The van der Waals surface area contributed by atoms with Gasteiger partial charge in [-0.25, -0.2) is 0 Å². The van der Waals surface area contributed by atoms with Crippen LogP contribution in [0.25, 0.3) is 0 Å². The lowest BCUT2D eigenvalue weighted by Gasteiger charge is -2.36. The molecule has 5 atom stereocenters. The van der Waals surface area contributed by atoms with Crippen molar-refractivity contribution in [3.8, 4) is 0 Å². The van der Waals surface area contributed by atoms with E-state index in [9.17, 15) is 10.2 Å². The van der Waals surface area contributed by atoms with Crippen molar-refractivity contribution in [2.75, 3.05) is 0 Å². The lowest BCUT2D eigenvalue weighted by molar-refractivity contribution is -0.218. The Kier molecular flexibility index (Phi) is 3.10. The molecule has 1 fully saturated rings. The number of aliphatic hydroxyl groups excluding tert-OH is 3. The second-order valence-corrected chi connectivity index (χ2v) is 4.10. The Morgan fingerprint density at radius 3 is 2.27 bits per heavy atom. The molecule has 4 nitrogen and oxygen atoms in total. The Labute approximate surface area is 78.3 Å². The van der Waals surface area contributed by atoms with Gasteiger partial charge in [0.2, 0.25) is 0 Å². The quantitative estimate of drug-likeness (QED) is 0.401. The summed E-state index contributed by atoms with van der Waals surface area (Å²) in [4.78, 5) is 0. The molecule has 5 heteroatoms. The lowest BCUT2D eigenvalue weighted by Crippen LogP contribution is -2.54. The molecule has 0 aromatic heterocycles. The van der Waals surface area contributed by atoms with Crippen LogP contribution in [0.2, 0.25) is 0 Å². The molecule has 1 heterocycles. The number of halogens is 1. The SMILES string of the molecule is C[C@H]1O[C@H](O)[C@@H](I)[C@H](O)[C@@H]1O. The zero-order valence-corrected chi connectivity index (χ0v) is 8.17. The molecule has 3 N–H and O–H groups in total. The van der Waals surface area contributed by atoms with Crippen molar-refractivity contribution in [1.29, 1.82) is 0 Å². The molecule has 0 bridgehead atoms. The summed E-state index contributed by atoms with van der Waals surface area (Å²) in [5, 5.41) is 27.7. The summed E-state index contributed by atoms with van der Waals surface area (Å²) in [5.74, 6) is 0. The van der Waals surface area contributed by atoms with Crippen LogP contribution in [0.1, 0.15) is 6.92 Å². The van der Waals surface area contributed by atoms with E-state index in [1.807, 2.05) is 22.6 Å². The van der Waals surface area contributed by atoms with Crippen molar-refractivity contribution in [1.82, 2.24) is 0 Å². The molecule has 0 aliphatic carbocycles. The van der Waals surface area contributed by atoms with Crippen molar-refractivity contribution in [3.63, 3.8) is 0 Å². The zero-order chi connectivity index (χ0) is 8.59. The Balaban J connectivity index is 2.63. The van der Waals surface area contributed by atoms with Gasteiger partial charge in [0, 0.05) is 0 Å². The molecular weight excluding hydrogens is 263 g/mol. The van der Waals surface area contributed by atoms with Gasteiger partial charge >= 0.3 is 0 Å². The third-order valence-corrected chi connectivity index (χ3v) is 3.14. The minimum absolute atomic E-state index is 0.459. The maximum Gasteiger partial charge on any atom is 0.169 e. The first-order valence-corrected chi connectivity index (χ1v) is 4.62. The molecule has 1 saturated heterocycles. The maximum absolute atomic E-state index is 9.29. The van der Waals surface area contributed by atoms with Crippen LogP contribution >= 0.6 is 22.6 Å². The fourth-order valence-corrected chi connectivity index (χ4v) is 1.61. The Bertz CT molecular complexity index is 129. The van der Waals surface area contributed by atoms with Gasteiger partial charge in [0.25, 0.3) is 0 Å². The van der Waals surface area contributed by atoms with E-state index in [-0.39, 0.29) is 0 Å². The highest BCUT2D eigenvalue weighted by atomic mass is 127. The van der Waals surface area contributed by atoms with Gasteiger partial charge in [-0.3, -0.25) is 0 Å². The van der Waals surface area contributed by atoms with E-state index in [0.29, 0.717) is 0 Å². The summed E-state index contributed by atoms with van der Waals surface area (Å²) in [6.45, 7) is 1.61. The van der Waals surface area contributed by atoms with Crippen molar-refractivity contribution >= 4 is 22.6 Å². The molecule has 0 radical (unpaired) electrons. The summed E-state index contributed by atoms with van der Waals surface area (Å²) in [6.07, 6.45) is -3.30. The van der Waals surface area contributed by atoms with Gasteiger partial charge in [0.1, 0.15) is 6.10 Å². The molecule has 1 rings (SSSR count). The van der Waals surface area contributed by atoms with Crippen LogP contribution in [0.3, 0.4) is 0 Å². The second-order valence-electron chi connectivity index (χ2n) is 2.66. The Morgan fingerprint density at radius 2 is 1.73 bits per heavy atom. The van der Waals surface area contributed by atoms with E-state index in [1.54, 1.807) is 6.92 Å². The maximum atomic E-state index is 9.29. The van der Waals surface area contributed by atoms with Crippen LogP contribution in [-0.2, 0) is 4.74 Å². The largest absolute Gasteiger partial charge is 0.389 e. The van der Waals surface area contributed by atoms with Crippen molar-refractivity contribution < 1.29 is 20.1 Å². The number of ether oxygens (including phenoxy) is 1. The third-order valence-electron chi connectivity index (χ3n) is 1.78. The molecule has 66 valence electrons. The van der Waals surface area contributed by atoms with E-state index >= 15 is 0 Å². The Morgan fingerprint density at radius 1 is 1.18 bits per heavy atom. The second kappa shape index (κ2) is 3.53. The van der Waals surface area contributed by atoms with Crippen molar-refractivity contribution in [2.24, 2.45) is 0 Å². The van der Waals surface area contributed by atoms with E-state index in [4.69, 9.17) is 9.84 Å². The lowest BCUT2D eigenvalue weighted by atomic mass is 10.0. The van der Waals surface area contributed by atoms with E-state index in [2.05, 4.69) is 0 Å². The fraction of sp³-hybridized carbons (Fsp3) is 1.00. The highest BCUT2D eigenvalue weighted by molar-refractivity contribution is 14.1. The topological polar surface area (TPSA) is 69.9 Å². The van der Waals surface area contributed by atoms with Gasteiger partial charge in [-0.1, -0.05) is 22.6 Å². The minimum atomic E-state index is -0.982. The van der Waals surface area contributed by atoms with Gasteiger partial charge in [0.15, 0.2) is 6.29 Å². The number of aliphatic hydroxyl groups is 3. The third kappa shape index (κ3) is 1.83. The summed E-state index contributed by atoms with van der Waals surface area (Å²) in [7, 11) is 0. The van der Waals surface area contributed by atoms with Gasteiger partial charge in [-0.2, -0.15) is 0 Å². The normalized spacial score (nSPS) is 52.6. The van der Waals surface area contributed by atoms with E-state index in [1.165, 1.54) is 0 Å².